The minimum Gasteiger partial charge on any atom is -0.385 e. The summed E-state index contributed by atoms with van der Waals surface area (Å²) in [6.45, 7) is 3.17. The van der Waals surface area contributed by atoms with E-state index < -0.39 is 0 Å². The van der Waals surface area contributed by atoms with Gasteiger partial charge in [-0.25, -0.2) is 0 Å². The third kappa shape index (κ3) is 4.29. The summed E-state index contributed by atoms with van der Waals surface area (Å²) in [6.07, 6.45) is 1.11. The van der Waals surface area contributed by atoms with Crippen LogP contribution in [-0.4, -0.2) is 18.1 Å². The number of anilines is 1. The molecule has 0 saturated carbocycles. The Balaban J connectivity index is 2.38. The quantitative estimate of drug-likeness (QED) is 0.438. The van der Waals surface area contributed by atoms with Gasteiger partial charge in [-0.2, -0.15) is 12.6 Å². The van der Waals surface area contributed by atoms with E-state index in [9.17, 15) is 0 Å². The SMILES string of the molecule is CCSc1ccc(NCCCS)cc1. The molecule has 0 bridgehead atoms. The first-order valence-electron chi connectivity index (χ1n) is 4.94. The van der Waals surface area contributed by atoms with E-state index in [-0.39, 0.29) is 0 Å². The van der Waals surface area contributed by atoms with E-state index in [1.165, 1.54) is 10.6 Å². The average Bonchev–Trinajstić information content (AvgIpc) is 2.21. The van der Waals surface area contributed by atoms with Gasteiger partial charge in [-0.15, -0.1) is 11.8 Å². The predicted molar refractivity (Wildman–Crippen MR) is 69.8 cm³/mol. The molecule has 1 nitrogen and oxygen atoms in total. The number of hydrogen-bond acceptors (Lipinski definition) is 3. The van der Waals surface area contributed by atoms with Gasteiger partial charge in [-0.05, 0) is 42.2 Å². The predicted octanol–water partition coefficient (Wildman–Crippen LogP) is 3.53. The summed E-state index contributed by atoms with van der Waals surface area (Å²) in [5.41, 5.74) is 1.20. The second-order valence-corrected chi connectivity index (χ2v) is 4.75. The highest BCUT2D eigenvalue weighted by Gasteiger charge is 1.93. The van der Waals surface area contributed by atoms with Gasteiger partial charge in [0.05, 0.1) is 0 Å². The molecule has 0 amide bonds. The van der Waals surface area contributed by atoms with E-state index in [0.29, 0.717) is 0 Å². The first-order valence-corrected chi connectivity index (χ1v) is 6.56. The molecular weight excluding hydrogens is 210 g/mol. The third-order valence-electron chi connectivity index (χ3n) is 1.83. The van der Waals surface area contributed by atoms with E-state index in [4.69, 9.17) is 0 Å². The molecule has 1 rings (SSSR count). The molecule has 1 aromatic carbocycles. The Morgan fingerprint density at radius 1 is 1.29 bits per heavy atom. The van der Waals surface area contributed by atoms with Crippen molar-refractivity contribution in [3.8, 4) is 0 Å². The highest BCUT2D eigenvalue weighted by atomic mass is 32.2. The van der Waals surface area contributed by atoms with Crippen LogP contribution < -0.4 is 5.32 Å². The van der Waals surface area contributed by atoms with Crippen molar-refractivity contribution in [2.24, 2.45) is 0 Å². The molecule has 0 aromatic heterocycles. The van der Waals surface area contributed by atoms with Crippen molar-refractivity contribution in [1.82, 2.24) is 0 Å². The van der Waals surface area contributed by atoms with Gasteiger partial charge >= 0.3 is 0 Å². The van der Waals surface area contributed by atoms with Gasteiger partial charge in [-0.1, -0.05) is 6.92 Å². The number of benzene rings is 1. The topological polar surface area (TPSA) is 12.0 Å². The lowest BCUT2D eigenvalue weighted by molar-refractivity contribution is 0.995. The standard InChI is InChI=1S/C11H17NS2/c1-2-14-11-6-4-10(5-7-11)12-8-3-9-13/h4-7,12-13H,2-3,8-9H2,1H3. The maximum absolute atomic E-state index is 4.17. The maximum atomic E-state index is 4.17. The molecule has 1 aromatic rings. The zero-order chi connectivity index (χ0) is 10.2. The Morgan fingerprint density at radius 3 is 2.57 bits per heavy atom. The average molecular weight is 227 g/mol. The minimum absolute atomic E-state index is 0.941. The Kier molecular flexibility index (Phi) is 5.96. The molecule has 0 aliphatic carbocycles. The summed E-state index contributed by atoms with van der Waals surface area (Å²) >= 11 is 6.04. The second-order valence-electron chi connectivity index (χ2n) is 2.96. The second kappa shape index (κ2) is 7.07. The van der Waals surface area contributed by atoms with Crippen molar-refractivity contribution in [2.45, 2.75) is 18.2 Å². The van der Waals surface area contributed by atoms with Crippen LogP contribution in [0.3, 0.4) is 0 Å². The fourth-order valence-corrected chi connectivity index (χ4v) is 1.97. The Bertz CT molecular complexity index is 246. The molecule has 78 valence electrons. The van der Waals surface area contributed by atoms with Crippen molar-refractivity contribution >= 4 is 30.1 Å². The normalized spacial score (nSPS) is 10.1. The summed E-state index contributed by atoms with van der Waals surface area (Å²) in [4.78, 5) is 1.34. The van der Waals surface area contributed by atoms with Gasteiger partial charge in [0.2, 0.25) is 0 Å². The first-order chi connectivity index (χ1) is 6.86. The number of hydrogen-bond donors (Lipinski definition) is 2. The van der Waals surface area contributed by atoms with E-state index >= 15 is 0 Å². The molecule has 3 heteroatoms. The maximum Gasteiger partial charge on any atom is 0.0340 e. The van der Waals surface area contributed by atoms with Gasteiger partial charge in [-0.3, -0.25) is 0 Å². The van der Waals surface area contributed by atoms with Crippen LogP contribution in [0.2, 0.25) is 0 Å². The van der Waals surface area contributed by atoms with Gasteiger partial charge in [0.1, 0.15) is 0 Å². The lowest BCUT2D eigenvalue weighted by atomic mass is 10.3. The molecule has 14 heavy (non-hydrogen) atoms. The van der Waals surface area contributed by atoms with E-state index in [1.807, 2.05) is 11.8 Å². The smallest absolute Gasteiger partial charge is 0.0340 e. The lowest BCUT2D eigenvalue weighted by Gasteiger charge is -2.05. The molecule has 0 aliphatic rings. The van der Waals surface area contributed by atoms with E-state index in [1.54, 1.807) is 0 Å². The zero-order valence-electron chi connectivity index (χ0n) is 8.49. The lowest BCUT2D eigenvalue weighted by Crippen LogP contribution is -2.01. The van der Waals surface area contributed by atoms with Crippen molar-refractivity contribution in [3.05, 3.63) is 24.3 Å². The van der Waals surface area contributed by atoms with E-state index in [0.717, 1.165) is 24.5 Å². The molecule has 0 saturated heterocycles. The Hall–Kier alpha value is -0.280. The van der Waals surface area contributed by atoms with Gasteiger partial charge in [0, 0.05) is 17.1 Å². The highest BCUT2D eigenvalue weighted by molar-refractivity contribution is 7.99. The zero-order valence-corrected chi connectivity index (χ0v) is 10.2. The van der Waals surface area contributed by atoms with Gasteiger partial charge in [0.15, 0.2) is 0 Å². The van der Waals surface area contributed by atoms with E-state index in [2.05, 4.69) is 49.1 Å². The summed E-state index contributed by atoms with van der Waals surface area (Å²) in [5.74, 6) is 2.07. The summed E-state index contributed by atoms with van der Waals surface area (Å²) < 4.78 is 0. The van der Waals surface area contributed by atoms with Crippen LogP contribution in [0.4, 0.5) is 5.69 Å². The van der Waals surface area contributed by atoms with Crippen LogP contribution in [0.15, 0.2) is 29.2 Å². The number of nitrogens with one attached hydrogen (secondary N) is 1. The monoisotopic (exact) mass is 227 g/mol. The molecule has 1 N–H and O–H groups in total. The van der Waals surface area contributed by atoms with Crippen LogP contribution in [-0.2, 0) is 0 Å². The molecule has 0 unspecified atom stereocenters. The molecule has 0 aliphatic heterocycles. The van der Waals surface area contributed by atoms with Crippen molar-refractivity contribution < 1.29 is 0 Å². The van der Waals surface area contributed by atoms with Crippen molar-refractivity contribution in [1.29, 1.82) is 0 Å². The summed E-state index contributed by atoms with van der Waals surface area (Å²) in [5, 5.41) is 3.36. The fraction of sp³-hybridized carbons (Fsp3) is 0.455. The highest BCUT2D eigenvalue weighted by Crippen LogP contribution is 2.19. The number of thioether (sulfide) groups is 1. The van der Waals surface area contributed by atoms with Crippen molar-refractivity contribution in [3.63, 3.8) is 0 Å². The minimum atomic E-state index is 0.941. The largest absolute Gasteiger partial charge is 0.385 e. The van der Waals surface area contributed by atoms with Crippen molar-refractivity contribution in [2.75, 3.05) is 23.4 Å². The molecule has 0 radical (unpaired) electrons. The van der Waals surface area contributed by atoms with Gasteiger partial charge < -0.3 is 5.32 Å². The first kappa shape index (κ1) is 11.8. The van der Waals surface area contributed by atoms with Gasteiger partial charge in [0.25, 0.3) is 0 Å². The molecule has 0 spiro atoms. The van der Waals surface area contributed by atoms with Crippen LogP contribution in [0, 0.1) is 0 Å². The number of thiol groups is 1. The fourth-order valence-electron chi connectivity index (χ4n) is 1.15. The molecular formula is C11H17NS2. The summed E-state index contributed by atoms with van der Waals surface area (Å²) in [7, 11) is 0. The Labute approximate surface area is 96.1 Å². The molecule has 0 heterocycles. The molecule has 0 fully saturated rings. The summed E-state index contributed by atoms with van der Waals surface area (Å²) in [6, 6.07) is 8.60. The number of rotatable bonds is 6. The molecule has 0 atom stereocenters. The van der Waals surface area contributed by atoms with Crippen LogP contribution in [0.1, 0.15) is 13.3 Å². The van der Waals surface area contributed by atoms with Crippen LogP contribution in [0.25, 0.3) is 0 Å². The third-order valence-corrected chi connectivity index (χ3v) is 3.04. The Morgan fingerprint density at radius 2 is 2.00 bits per heavy atom. The van der Waals surface area contributed by atoms with Crippen LogP contribution >= 0.6 is 24.4 Å². The van der Waals surface area contributed by atoms with Crippen LogP contribution in [0.5, 0.6) is 0 Å².